The van der Waals surface area contributed by atoms with Crippen LogP contribution in [0.3, 0.4) is 0 Å². The minimum absolute atomic E-state index is 0.188. The molecule has 0 spiro atoms. The number of benzene rings is 1. The van der Waals surface area contributed by atoms with E-state index in [4.69, 9.17) is 4.74 Å². The maximum Gasteiger partial charge on any atom is 0.224 e. The van der Waals surface area contributed by atoms with Gasteiger partial charge in [0.25, 0.3) is 0 Å². The molecule has 1 N–H and O–H groups in total. The first-order valence-corrected chi connectivity index (χ1v) is 7.25. The molecule has 4 nitrogen and oxygen atoms in total. The fraction of sp³-hybridized carbons (Fsp3) is 0.286. The molecule has 1 aromatic heterocycles. The first-order valence-electron chi connectivity index (χ1n) is 6.46. The molecule has 0 saturated heterocycles. The zero-order valence-corrected chi connectivity index (χ0v) is 12.7. The largest absolute Gasteiger partial charge is 0.436 e. The van der Waals surface area contributed by atoms with Gasteiger partial charge in [0, 0.05) is 23.5 Å². The molecule has 1 aromatic carbocycles. The first kappa shape index (κ1) is 14.2. The van der Waals surface area contributed by atoms with Crippen molar-refractivity contribution in [1.29, 1.82) is 0 Å². The first-order chi connectivity index (χ1) is 10.1. The summed E-state index contributed by atoms with van der Waals surface area (Å²) in [5, 5.41) is 2.91. The van der Waals surface area contributed by atoms with E-state index in [1.54, 1.807) is 13.1 Å². The number of halogens is 3. The van der Waals surface area contributed by atoms with E-state index < -0.39 is 11.6 Å². The summed E-state index contributed by atoms with van der Waals surface area (Å²) in [5.41, 5.74) is 0. The minimum Gasteiger partial charge on any atom is -0.436 e. The van der Waals surface area contributed by atoms with Gasteiger partial charge in [-0.15, -0.1) is 0 Å². The molecule has 1 aliphatic rings. The lowest BCUT2D eigenvalue weighted by atomic mass is 10.3. The van der Waals surface area contributed by atoms with Gasteiger partial charge in [0.05, 0.1) is 0 Å². The van der Waals surface area contributed by atoms with E-state index in [9.17, 15) is 8.78 Å². The third-order valence-electron chi connectivity index (χ3n) is 3.09. The normalized spacial score (nSPS) is 14.1. The fourth-order valence-corrected chi connectivity index (χ4v) is 2.28. The van der Waals surface area contributed by atoms with E-state index in [1.807, 2.05) is 0 Å². The number of hydrogen-bond donors (Lipinski definition) is 1. The van der Waals surface area contributed by atoms with Crippen molar-refractivity contribution in [2.24, 2.45) is 0 Å². The minimum atomic E-state index is -1.05. The highest BCUT2D eigenvalue weighted by Gasteiger charge is 2.27. The number of aromatic nitrogens is 2. The molecule has 7 heteroatoms. The van der Waals surface area contributed by atoms with Gasteiger partial charge in [-0.05, 0) is 25.0 Å². The number of anilines is 1. The van der Waals surface area contributed by atoms with Crippen LogP contribution in [0.4, 0.5) is 14.6 Å². The molecule has 1 aliphatic carbocycles. The molecule has 1 saturated carbocycles. The maximum atomic E-state index is 13.7. The highest BCUT2D eigenvalue weighted by molar-refractivity contribution is 9.10. The van der Waals surface area contributed by atoms with Gasteiger partial charge in [-0.1, -0.05) is 15.9 Å². The predicted octanol–water partition coefficient (Wildman–Crippen LogP) is 4.23. The smallest absolute Gasteiger partial charge is 0.224 e. The van der Waals surface area contributed by atoms with Crippen LogP contribution < -0.4 is 10.1 Å². The predicted molar refractivity (Wildman–Crippen MR) is 77.7 cm³/mol. The van der Waals surface area contributed by atoms with Crippen LogP contribution in [0.25, 0.3) is 0 Å². The van der Waals surface area contributed by atoms with E-state index >= 15 is 0 Å². The van der Waals surface area contributed by atoms with Crippen LogP contribution in [0.15, 0.2) is 22.7 Å². The molecule has 110 valence electrons. The Kier molecular flexibility index (Phi) is 3.75. The molecule has 0 aliphatic heterocycles. The standard InChI is InChI=1S/C14H12BrF2N3O/c1-18-11-6-12(20-14(19-11)7-2-3-7)21-10-5-8(15)4-9(16)13(10)17/h4-7H,2-3H2,1H3,(H,18,19,20). The summed E-state index contributed by atoms with van der Waals surface area (Å²) in [5.74, 6) is -0.493. The highest BCUT2D eigenvalue weighted by atomic mass is 79.9. The van der Waals surface area contributed by atoms with Gasteiger partial charge in [-0.3, -0.25) is 0 Å². The topological polar surface area (TPSA) is 47.0 Å². The Morgan fingerprint density at radius 1 is 1.24 bits per heavy atom. The number of rotatable bonds is 4. The van der Waals surface area contributed by atoms with E-state index in [0.29, 0.717) is 22.0 Å². The molecule has 21 heavy (non-hydrogen) atoms. The second-order valence-electron chi connectivity index (χ2n) is 4.78. The molecule has 1 heterocycles. The van der Waals surface area contributed by atoms with Crippen molar-refractivity contribution in [3.8, 4) is 11.6 Å². The fourth-order valence-electron chi connectivity index (χ4n) is 1.87. The summed E-state index contributed by atoms with van der Waals surface area (Å²) in [7, 11) is 1.72. The Labute approximate surface area is 128 Å². The quantitative estimate of drug-likeness (QED) is 0.833. The Balaban J connectivity index is 1.96. The number of nitrogens with zero attached hydrogens (tertiary/aromatic N) is 2. The second-order valence-corrected chi connectivity index (χ2v) is 5.69. The average Bonchev–Trinajstić information content (AvgIpc) is 3.28. The highest BCUT2D eigenvalue weighted by Crippen LogP contribution is 2.39. The summed E-state index contributed by atoms with van der Waals surface area (Å²) in [6.45, 7) is 0. The zero-order valence-electron chi connectivity index (χ0n) is 11.2. The Hall–Kier alpha value is -1.76. The van der Waals surface area contributed by atoms with Crippen molar-refractivity contribution < 1.29 is 13.5 Å². The summed E-state index contributed by atoms with van der Waals surface area (Å²) in [4.78, 5) is 8.60. The van der Waals surface area contributed by atoms with Gasteiger partial charge >= 0.3 is 0 Å². The summed E-state index contributed by atoms with van der Waals surface area (Å²) < 4.78 is 32.9. The molecule has 0 radical (unpaired) electrons. The van der Waals surface area contributed by atoms with Gasteiger partial charge in [0.2, 0.25) is 11.7 Å². The third kappa shape index (κ3) is 3.12. The van der Waals surface area contributed by atoms with Crippen molar-refractivity contribution in [2.75, 3.05) is 12.4 Å². The molecule has 0 bridgehead atoms. The molecular formula is C14H12BrF2N3O. The Morgan fingerprint density at radius 2 is 2.00 bits per heavy atom. The van der Waals surface area contributed by atoms with Gasteiger partial charge in [-0.25, -0.2) is 9.37 Å². The van der Waals surface area contributed by atoms with Crippen LogP contribution in [-0.4, -0.2) is 17.0 Å². The number of hydrogen-bond acceptors (Lipinski definition) is 4. The van der Waals surface area contributed by atoms with Gasteiger partial charge < -0.3 is 10.1 Å². The van der Waals surface area contributed by atoms with E-state index in [2.05, 4.69) is 31.2 Å². The van der Waals surface area contributed by atoms with Crippen molar-refractivity contribution in [1.82, 2.24) is 9.97 Å². The molecule has 2 aromatic rings. The van der Waals surface area contributed by atoms with Crippen molar-refractivity contribution in [2.45, 2.75) is 18.8 Å². The molecule has 0 unspecified atom stereocenters. The van der Waals surface area contributed by atoms with Crippen LogP contribution in [0.2, 0.25) is 0 Å². The lowest BCUT2D eigenvalue weighted by molar-refractivity contribution is 0.403. The maximum absolute atomic E-state index is 13.7. The van der Waals surface area contributed by atoms with Crippen LogP contribution in [0, 0.1) is 11.6 Å². The summed E-state index contributed by atoms with van der Waals surface area (Å²) >= 11 is 3.10. The zero-order chi connectivity index (χ0) is 15.0. The van der Waals surface area contributed by atoms with Crippen molar-refractivity contribution in [3.05, 3.63) is 40.1 Å². The van der Waals surface area contributed by atoms with Gasteiger partial charge in [-0.2, -0.15) is 9.37 Å². The van der Waals surface area contributed by atoms with Crippen LogP contribution >= 0.6 is 15.9 Å². The molecular weight excluding hydrogens is 344 g/mol. The summed E-state index contributed by atoms with van der Waals surface area (Å²) in [6.07, 6.45) is 2.07. The van der Waals surface area contributed by atoms with Gasteiger partial charge in [0.1, 0.15) is 11.6 Å². The van der Waals surface area contributed by atoms with Gasteiger partial charge in [0.15, 0.2) is 11.6 Å². The molecule has 0 amide bonds. The third-order valence-corrected chi connectivity index (χ3v) is 3.55. The Bertz CT molecular complexity index is 692. The number of nitrogens with one attached hydrogen (secondary N) is 1. The van der Waals surface area contributed by atoms with Crippen LogP contribution in [0.5, 0.6) is 11.6 Å². The van der Waals surface area contributed by atoms with E-state index in [1.165, 1.54) is 6.07 Å². The average molecular weight is 356 g/mol. The van der Waals surface area contributed by atoms with E-state index in [-0.39, 0.29) is 11.6 Å². The van der Waals surface area contributed by atoms with Crippen LogP contribution in [-0.2, 0) is 0 Å². The molecule has 3 rings (SSSR count). The lowest BCUT2D eigenvalue weighted by Crippen LogP contribution is -2.02. The monoisotopic (exact) mass is 355 g/mol. The van der Waals surface area contributed by atoms with Crippen molar-refractivity contribution >= 4 is 21.7 Å². The lowest BCUT2D eigenvalue weighted by Gasteiger charge is -2.10. The summed E-state index contributed by atoms with van der Waals surface area (Å²) in [6, 6.07) is 3.94. The SMILES string of the molecule is CNc1cc(Oc2cc(Br)cc(F)c2F)nc(C2CC2)n1. The molecule has 0 atom stereocenters. The van der Waals surface area contributed by atoms with Crippen LogP contribution in [0.1, 0.15) is 24.6 Å². The number of ether oxygens (including phenoxy) is 1. The van der Waals surface area contributed by atoms with Crippen molar-refractivity contribution in [3.63, 3.8) is 0 Å². The van der Waals surface area contributed by atoms with E-state index in [0.717, 1.165) is 18.9 Å². The second kappa shape index (κ2) is 5.55. The Morgan fingerprint density at radius 3 is 2.67 bits per heavy atom. The molecule has 1 fully saturated rings.